The zero-order chi connectivity index (χ0) is 37.0. The Balaban J connectivity index is 1.07. The molecule has 0 saturated heterocycles. The van der Waals surface area contributed by atoms with E-state index in [1.54, 1.807) is 0 Å². The molecule has 0 aliphatic heterocycles. The SMILES string of the molecule is c1ccc(-c2ccc(-c3nc(-c4ccccc4)nc(-c4cccc5c4sc4cc(-c6cc(-c7ccccc7)cc7sc8ccccc8c67)ccc45)n3)cc2)cc1. The second kappa shape index (κ2) is 13.5. The van der Waals surface area contributed by atoms with Gasteiger partial charge in [0.15, 0.2) is 17.5 Å². The number of aromatic nitrogens is 3. The molecule has 0 bridgehead atoms. The molecule has 262 valence electrons. The van der Waals surface area contributed by atoms with E-state index in [9.17, 15) is 0 Å². The number of benzene rings is 8. The van der Waals surface area contributed by atoms with Gasteiger partial charge in [-0.1, -0.05) is 158 Å². The van der Waals surface area contributed by atoms with Crippen molar-refractivity contribution >= 4 is 63.0 Å². The second-order valence-corrected chi connectivity index (χ2v) is 16.1. The first-order valence-electron chi connectivity index (χ1n) is 18.7. The van der Waals surface area contributed by atoms with E-state index in [4.69, 9.17) is 15.0 Å². The van der Waals surface area contributed by atoms with Gasteiger partial charge in [0.2, 0.25) is 0 Å². The Morgan fingerprint density at radius 3 is 1.55 bits per heavy atom. The minimum atomic E-state index is 0.652. The lowest BCUT2D eigenvalue weighted by molar-refractivity contribution is 1.08. The summed E-state index contributed by atoms with van der Waals surface area (Å²) in [6.07, 6.45) is 0. The molecule has 0 fully saturated rings. The predicted octanol–water partition coefficient (Wildman–Crippen LogP) is 14.6. The molecule has 8 aromatic carbocycles. The number of thiophene rings is 2. The lowest BCUT2D eigenvalue weighted by Crippen LogP contribution is -2.00. The van der Waals surface area contributed by atoms with Gasteiger partial charge in [0.1, 0.15) is 0 Å². The minimum Gasteiger partial charge on any atom is -0.208 e. The van der Waals surface area contributed by atoms with Crippen LogP contribution in [0.1, 0.15) is 0 Å². The standard InChI is InChI=1S/C51H31N3S2/c1-4-13-32(14-5-1)34-23-25-36(26-24-34)50-52-49(35-17-8-3-9-18-35)53-51(54-50)42-21-12-20-40-39-28-27-37(30-45(39)56-48(40)42)43-29-38(33-15-6-2-7-16-33)31-46-47(43)41-19-10-11-22-44(41)55-46/h1-31H. The van der Waals surface area contributed by atoms with Gasteiger partial charge in [-0.15, -0.1) is 22.7 Å². The van der Waals surface area contributed by atoms with Crippen molar-refractivity contribution in [3.63, 3.8) is 0 Å². The Labute approximate surface area is 331 Å². The molecule has 11 aromatic rings. The van der Waals surface area contributed by atoms with Gasteiger partial charge in [0.25, 0.3) is 0 Å². The summed E-state index contributed by atoms with van der Waals surface area (Å²) < 4.78 is 5.01. The third-order valence-corrected chi connectivity index (χ3v) is 12.9. The zero-order valence-corrected chi connectivity index (χ0v) is 31.7. The van der Waals surface area contributed by atoms with Crippen LogP contribution in [0.15, 0.2) is 188 Å². The van der Waals surface area contributed by atoms with E-state index >= 15 is 0 Å². The Morgan fingerprint density at radius 2 is 0.821 bits per heavy atom. The highest BCUT2D eigenvalue weighted by atomic mass is 32.1. The van der Waals surface area contributed by atoms with Crippen molar-refractivity contribution in [3.8, 4) is 67.5 Å². The van der Waals surface area contributed by atoms with Crippen LogP contribution in [0.4, 0.5) is 0 Å². The van der Waals surface area contributed by atoms with E-state index in [1.165, 1.54) is 68.2 Å². The highest BCUT2D eigenvalue weighted by Gasteiger charge is 2.19. The maximum Gasteiger partial charge on any atom is 0.165 e. The Hall–Kier alpha value is -6.79. The highest BCUT2D eigenvalue weighted by Crippen LogP contribution is 2.45. The van der Waals surface area contributed by atoms with Gasteiger partial charge in [-0.2, -0.15) is 0 Å². The third-order valence-electron chi connectivity index (χ3n) is 10.6. The summed E-state index contributed by atoms with van der Waals surface area (Å²) in [5, 5.41) is 5.05. The molecule has 3 aromatic heterocycles. The topological polar surface area (TPSA) is 38.7 Å². The fourth-order valence-electron chi connectivity index (χ4n) is 7.81. The molecule has 5 heteroatoms. The molecule has 3 nitrogen and oxygen atoms in total. The summed E-state index contributed by atoms with van der Waals surface area (Å²) in [7, 11) is 0. The van der Waals surface area contributed by atoms with E-state index in [2.05, 4.69) is 164 Å². The fourth-order valence-corrected chi connectivity index (χ4v) is 10.2. The lowest BCUT2D eigenvalue weighted by Gasteiger charge is -2.10. The van der Waals surface area contributed by atoms with E-state index in [0.717, 1.165) is 22.3 Å². The molecular formula is C51H31N3S2. The Morgan fingerprint density at radius 1 is 0.286 bits per heavy atom. The summed E-state index contributed by atoms with van der Waals surface area (Å²) in [5.41, 5.74) is 10.2. The first-order valence-corrected chi connectivity index (χ1v) is 20.3. The van der Waals surface area contributed by atoms with Gasteiger partial charge in [-0.05, 0) is 63.7 Å². The highest BCUT2D eigenvalue weighted by molar-refractivity contribution is 7.26. The first-order chi connectivity index (χ1) is 27.7. The van der Waals surface area contributed by atoms with Crippen molar-refractivity contribution in [2.45, 2.75) is 0 Å². The third kappa shape index (κ3) is 5.68. The molecule has 0 unspecified atom stereocenters. The number of hydrogen-bond donors (Lipinski definition) is 0. The Kier molecular flexibility index (Phi) is 7.87. The summed E-state index contributed by atoms with van der Waals surface area (Å²) >= 11 is 3.68. The maximum atomic E-state index is 5.17. The lowest BCUT2D eigenvalue weighted by atomic mass is 9.94. The summed E-state index contributed by atoms with van der Waals surface area (Å²) in [5.74, 6) is 1.97. The van der Waals surface area contributed by atoms with Crippen molar-refractivity contribution in [2.75, 3.05) is 0 Å². The average Bonchev–Trinajstić information content (AvgIpc) is 3.85. The second-order valence-electron chi connectivity index (χ2n) is 14.0. The van der Waals surface area contributed by atoms with Gasteiger partial charge >= 0.3 is 0 Å². The molecule has 0 atom stereocenters. The largest absolute Gasteiger partial charge is 0.208 e. The van der Waals surface area contributed by atoms with Crippen molar-refractivity contribution in [3.05, 3.63) is 188 Å². The average molecular weight is 750 g/mol. The molecule has 0 radical (unpaired) electrons. The molecule has 0 spiro atoms. The summed E-state index contributed by atoms with van der Waals surface area (Å²) in [6, 6.07) is 66.8. The van der Waals surface area contributed by atoms with Gasteiger partial charge in [-0.3, -0.25) is 0 Å². The molecule has 11 rings (SSSR count). The van der Waals surface area contributed by atoms with Crippen LogP contribution >= 0.6 is 22.7 Å². The molecule has 56 heavy (non-hydrogen) atoms. The number of nitrogens with zero attached hydrogens (tertiary/aromatic N) is 3. The van der Waals surface area contributed by atoms with Crippen LogP contribution in [-0.2, 0) is 0 Å². The van der Waals surface area contributed by atoms with Crippen LogP contribution in [0.3, 0.4) is 0 Å². The predicted molar refractivity (Wildman–Crippen MR) is 238 cm³/mol. The van der Waals surface area contributed by atoms with Crippen LogP contribution in [-0.4, -0.2) is 15.0 Å². The molecule has 0 aliphatic rings. The minimum absolute atomic E-state index is 0.652. The Bertz CT molecular complexity index is 3220. The molecule has 0 aliphatic carbocycles. The summed E-state index contributed by atoms with van der Waals surface area (Å²) in [6.45, 7) is 0. The van der Waals surface area contributed by atoms with E-state index < -0.39 is 0 Å². The van der Waals surface area contributed by atoms with Gasteiger partial charge in [-0.25, -0.2) is 15.0 Å². The quantitative estimate of drug-likeness (QED) is 0.170. The summed E-state index contributed by atoms with van der Waals surface area (Å²) in [4.78, 5) is 15.3. The van der Waals surface area contributed by atoms with Crippen LogP contribution in [0.2, 0.25) is 0 Å². The van der Waals surface area contributed by atoms with E-state index in [0.29, 0.717) is 17.5 Å². The van der Waals surface area contributed by atoms with Gasteiger partial charge in [0, 0.05) is 57.0 Å². The number of hydrogen-bond acceptors (Lipinski definition) is 5. The normalized spacial score (nSPS) is 11.6. The zero-order valence-electron chi connectivity index (χ0n) is 30.1. The number of fused-ring (bicyclic) bond motifs is 6. The van der Waals surface area contributed by atoms with E-state index in [1.807, 2.05) is 46.9 Å². The molecule has 0 amide bonds. The van der Waals surface area contributed by atoms with Gasteiger partial charge in [0.05, 0.1) is 0 Å². The van der Waals surface area contributed by atoms with Crippen LogP contribution in [0.5, 0.6) is 0 Å². The molecular weight excluding hydrogens is 719 g/mol. The molecule has 3 heterocycles. The van der Waals surface area contributed by atoms with E-state index in [-0.39, 0.29) is 0 Å². The number of rotatable bonds is 6. The fraction of sp³-hybridized carbons (Fsp3) is 0. The van der Waals surface area contributed by atoms with Crippen LogP contribution < -0.4 is 0 Å². The maximum absolute atomic E-state index is 5.17. The molecule has 0 N–H and O–H groups in total. The van der Waals surface area contributed by atoms with Crippen LogP contribution in [0, 0.1) is 0 Å². The first kappa shape index (κ1) is 32.6. The van der Waals surface area contributed by atoms with Crippen LogP contribution in [0.25, 0.3) is 108 Å². The van der Waals surface area contributed by atoms with Crippen molar-refractivity contribution in [1.29, 1.82) is 0 Å². The monoisotopic (exact) mass is 749 g/mol. The molecule has 0 saturated carbocycles. The van der Waals surface area contributed by atoms with Crippen molar-refractivity contribution in [2.24, 2.45) is 0 Å². The van der Waals surface area contributed by atoms with Gasteiger partial charge < -0.3 is 0 Å². The van der Waals surface area contributed by atoms with Crippen molar-refractivity contribution in [1.82, 2.24) is 15.0 Å². The smallest absolute Gasteiger partial charge is 0.165 e. The van der Waals surface area contributed by atoms with Crippen molar-refractivity contribution < 1.29 is 0 Å².